The highest BCUT2D eigenvalue weighted by Gasteiger charge is 2.16. The van der Waals surface area contributed by atoms with Crippen LogP contribution in [0, 0.1) is 10.6 Å². The Morgan fingerprint density at radius 3 is 2.58 bits per heavy atom. The van der Waals surface area contributed by atoms with Crippen LogP contribution in [-0.4, -0.2) is 4.98 Å². The Morgan fingerprint density at radius 1 is 1.58 bits per heavy atom. The quantitative estimate of drug-likeness (QED) is 0.557. The van der Waals surface area contributed by atoms with Gasteiger partial charge in [-0.15, -0.1) is 0 Å². The number of hydrogen-bond donors (Lipinski definition) is 0. The van der Waals surface area contributed by atoms with E-state index in [2.05, 4.69) is 20.9 Å². The first-order valence-electron chi connectivity index (χ1n) is 3.12. The second-order valence-electron chi connectivity index (χ2n) is 2.24. The lowest BCUT2D eigenvalue weighted by Gasteiger charge is -2.07. The van der Waals surface area contributed by atoms with Crippen molar-refractivity contribution in [2.75, 3.05) is 0 Å². The molecule has 0 aliphatic heterocycles. The summed E-state index contributed by atoms with van der Waals surface area (Å²) in [5, 5.41) is 0. The van der Waals surface area contributed by atoms with E-state index in [0.29, 0.717) is 13.7 Å². The number of alkyl halides is 2. The van der Waals surface area contributed by atoms with Crippen LogP contribution in [0.4, 0.5) is 8.78 Å². The summed E-state index contributed by atoms with van der Waals surface area (Å²) in [6.45, 7) is 1.64. The van der Waals surface area contributed by atoms with Gasteiger partial charge in [-0.25, -0.2) is 13.8 Å². The third-order valence-corrected chi connectivity index (χ3v) is 3.20. The molecule has 0 aromatic carbocycles. The number of halogens is 4. The van der Waals surface area contributed by atoms with Crippen LogP contribution in [0.3, 0.4) is 0 Å². The van der Waals surface area contributed by atoms with Gasteiger partial charge >= 0.3 is 0 Å². The minimum Gasteiger partial charge on any atom is -0.249 e. The zero-order valence-electron chi connectivity index (χ0n) is 6.11. The molecule has 0 aliphatic carbocycles. The predicted octanol–water partition coefficient (Wildman–Crippen LogP) is 3.69. The molecule has 0 fully saturated rings. The molecular formula is C7H5BrF2IN. The number of nitrogens with zero attached hydrogens (tertiary/aromatic N) is 1. The van der Waals surface area contributed by atoms with Gasteiger partial charge in [-0.3, -0.25) is 0 Å². The van der Waals surface area contributed by atoms with Crippen LogP contribution < -0.4 is 0 Å². The Hall–Kier alpha value is 0.220. The highest BCUT2D eigenvalue weighted by atomic mass is 127. The van der Waals surface area contributed by atoms with E-state index in [1.165, 1.54) is 6.20 Å². The molecule has 5 heteroatoms. The smallest absolute Gasteiger partial charge is 0.249 e. The van der Waals surface area contributed by atoms with Gasteiger partial charge in [0.05, 0.1) is 0 Å². The van der Waals surface area contributed by atoms with Gasteiger partial charge in [0.1, 0.15) is 3.70 Å². The molecule has 1 rings (SSSR count). The summed E-state index contributed by atoms with van der Waals surface area (Å²) in [7, 11) is 0. The lowest BCUT2D eigenvalue weighted by molar-refractivity contribution is 0.149. The molecule has 66 valence electrons. The first-order chi connectivity index (χ1) is 5.54. The second-order valence-corrected chi connectivity index (χ2v) is 4.11. The highest BCUT2D eigenvalue weighted by molar-refractivity contribution is 14.1. The molecule has 0 atom stereocenters. The molecule has 1 heterocycles. The molecule has 12 heavy (non-hydrogen) atoms. The van der Waals surface area contributed by atoms with Crippen molar-refractivity contribution in [1.82, 2.24) is 4.98 Å². The van der Waals surface area contributed by atoms with E-state index < -0.39 is 6.43 Å². The van der Waals surface area contributed by atoms with Gasteiger partial charge in [0.15, 0.2) is 0 Å². The van der Waals surface area contributed by atoms with E-state index in [9.17, 15) is 8.78 Å². The fourth-order valence-corrected chi connectivity index (χ4v) is 1.84. The highest BCUT2D eigenvalue weighted by Crippen LogP contribution is 2.31. The molecule has 0 saturated heterocycles. The van der Waals surface area contributed by atoms with Gasteiger partial charge in [0.2, 0.25) is 0 Å². The van der Waals surface area contributed by atoms with Crippen molar-refractivity contribution in [3.05, 3.63) is 25.5 Å². The lowest BCUT2D eigenvalue weighted by Crippen LogP contribution is -1.96. The second kappa shape index (κ2) is 3.95. The molecule has 1 aromatic rings. The Morgan fingerprint density at radius 2 is 2.17 bits per heavy atom. The summed E-state index contributed by atoms with van der Waals surface area (Å²) in [5.41, 5.74) is 0.578. The summed E-state index contributed by atoms with van der Waals surface area (Å²) in [4.78, 5) is 3.93. The first kappa shape index (κ1) is 10.3. The predicted molar refractivity (Wildman–Crippen MR) is 54.3 cm³/mol. The maximum absolute atomic E-state index is 12.4. The third kappa shape index (κ3) is 1.93. The van der Waals surface area contributed by atoms with Crippen LogP contribution in [0.2, 0.25) is 0 Å². The molecule has 0 aliphatic rings. The van der Waals surface area contributed by atoms with Crippen molar-refractivity contribution >= 4 is 38.5 Å². The fourth-order valence-electron chi connectivity index (χ4n) is 0.838. The number of pyridine rings is 1. The van der Waals surface area contributed by atoms with Crippen LogP contribution in [0.15, 0.2) is 10.7 Å². The minimum absolute atomic E-state index is 0.0365. The normalized spacial score (nSPS) is 10.8. The summed E-state index contributed by atoms with van der Waals surface area (Å²) < 4.78 is 25.8. The Balaban J connectivity index is 3.33. The van der Waals surface area contributed by atoms with Gasteiger partial charge in [0, 0.05) is 16.2 Å². The van der Waals surface area contributed by atoms with Crippen molar-refractivity contribution in [3.8, 4) is 0 Å². The summed E-state index contributed by atoms with van der Waals surface area (Å²) in [6, 6.07) is 0. The van der Waals surface area contributed by atoms with Crippen molar-refractivity contribution in [2.45, 2.75) is 13.3 Å². The van der Waals surface area contributed by atoms with Gasteiger partial charge in [-0.05, 0) is 51.0 Å². The van der Waals surface area contributed by atoms with Crippen LogP contribution in [-0.2, 0) is 0 Å². The molecular weight excluding hydrogens is 343 g/mol. The van der Waals surface area contributed by atoms with E-state index in [1.54, 1.807) is 6.92 Å². The number of rotatable bonds is 1. The molecule has 0 bridgehead atoms. The van der Waals surface area contributed by atoms with Crippen LogP contribution in [0.5, 0.6) is 0 Å². The van der Waals surface area contributed by atoms with E-state index in [0.717, 1.165) is 0 Å². The molecule has 0 unspecified atom stereocenters. The van der Waals surface area contributed by atoms with E-state index >= 15 is 0 Å². The maximum atomic E-state index is 12.4. The van der Waals surface area contributed by atoms with Crippen molar-refractivity contribution in [1.29, 1.82) is 0 Å². The molecule has 0 saturated carbocycles. The minimum atomic E-state index is -2.45. The van der Waals surface area contributed by atoms with Gasteiger partial charge in [0.25, 0.3) is 6.43 Å². The van der Waals surface area contributed by atoms with Crippen molar-refractivity contribution in [2.24, 2.45) is 0 Å². The summed E-state index contributed by atoms with van der Waals surface area (Å²) >= 11 is 4.97. The molecule has 0 spiro atoms. The first-order valence-corrected chi connectivity index (χ1v) is 5.00. The zero-order valence-corrected chi connectivity index (χ0v) is 9.86. The van der Waals surface area contributed by atoms with Crippen LogP contribution >= 0.6 is 38.5 Å². The Kier molecular flexibility index (Phi) is 3.39. The van der Waals surface area contributed by atoms with Gasteiger partial charge in [-0.1, -0.05) is 0 Å². The van der Waals surface area contributed by atoms with Crippen molar-refractivity contribution in [3.63, 3.8) is 0 Å². The Labute approximate surface area is 90.8 Å². The van der Waals surface area contributed by atoms with Crippen LogP contribution in [0.1, 0.15) is 17.6 Å². The van der Waals surface area contributed by atoms with E-state index in [4.69, 9.17) is 0 Å². The van der Waals surface area contributed by atoms with Gasteiger partial charge in [-0.2, -0.15) is 0 Å². The molecule has 0 N–H and O–H groups in total. The average Bonchev–Trinajstić information content (AvgIpc) is 1.97. The number of aromatic nitrogens is 1. The monoisotopic (exact) mass is 347 g/mol. The molecule has 1 nitrogen and oxygen atoms in total. The van der Waals surface area contributed by atoms with Gasteiger partial charge < -0.3 is 0 Å². The zero-order chi connectivity index (χ0) is 9.30. The third-order valence-electron chi connectivity index (χ3n) is 1.48. The van der Waals surface area contributed by atoms with E-state index in [1.807, 2.05) is 22.6 Å². The average molecular weight is 348 g/mol. The van der Waals surface area contributed by atoms with Crippen molar-refractivity contribution < 1.29 is 8.78 Å². The fraction of sp³-hybridized carbons (Fsp3) is 0.286. The van der Waals surface area contributed by atoms with E-state index in [-0.39, 0.29) is 5.56 Å². The number of hydrogen-bond acceptors (Lipinski definition) is 1. The summed E-state index contributed by atoms with van der Waals surface area (Å²) in [6.07, 6.45) is -1.05. The molecule has 0 radical (unpaired) electrons. The molecule has 0 amide bonds. The lowest BCUT2D eigenvalue weighted by atomic mass is 10.2. The SMILES string of the molecule is Cc1c(I)ncc(Br)c1C(F)F. The molecule has 1 aromatic heterocycles. The largest absolute Gasteiger partial charge is 0.265 e. The Bertz CT molecular complexity index is 304. The maximum Gasteiger partial charge on any atom is 0.265 e. The summed E-state index contributed by atoms with van der Waals surface area (Å²) in [5.74, 6) is 0. The van der Waals surface area contributed by atoms with Crippen LogP contribution in [0.25, 0.3) is 0 Å². The standard InChI is InChI=1S/C7H5BrF2IN/c1-3-5(6(9)10)4(8)2-12-7(3)11/h2,6H,1H3. The topological polar surface area (TPSA) is 12.9 Å².